The quantitative estimate of drug-likeness (QED) is 0.277. The van der Waals surface area contributed by atoms with E-state index < -0.39 is 0 Å². The van der Waals surface area contributed by atoms with Crippen molar-refractivity contribution in [2.24, 2.45) is 5.10 Å². The van der Waals surface area contributed by atoms with Crippen molar-refractivity contribution in [2.45, 2.75) is 0 Å². The summed E-state index contributed by atoms with van der Waals surface area (Å²) < 4.78 is 2.65. The number of hydrogen-bond acceptors (Lipinski definition) is 4. The van der Waals surface area contributed by atoms with Gasteiger partial charge in [0.2, 0.25) is 0 Å². The van der Waals surface area contributed by atoms with Crippen LogP contribution in [0.3, 0.4) is 0 Å². The predicted octanol–water partition coefficient (Wildman–Crippen LogP) is 3.93. The Bertz CT molecular complexity index is 753. The lowest BCUT2D eigenvalue weighted by molar-refractivity contribution is -0.119. The monoisotopic (exact) mass is 599 g/mol. The molecule has 0 aliphatic rings. The molecule has 0 bridgehead atoms. The summed E-state index contributed by atoms with van der Waals surface area (Å²) in [5.74, 6) is -0.127. The molecule has 0 fully saturated rings. The highest BCUT2D eigenvalue weighted by Gasteiger charge is 2.05. The first-order valence-electron chi connectivity index (χ1n) is 6.45. The van der Waals surface area contributed by atoms with Crippen molar-refractivity contribution in [3.63, 3.8) is 0 Å². The van der Waals surface area contributed by atoms with E-state index in [0.29, 0.717) is 5.56 Å². The van der Waals surface area contributed by atoms with E-state index >= 15 is 0 Å². The maximum Gasteiger partial charge on any atom is 0.259 e. The van der Waals surface area contributed by atoms with Crippen LogP contribution in [0.5, 0.6) is 5.75 Å². The van der Waals surface area contributed by atoms with Crippen molar-refractivity contribution in [1.29, 1.82) is 0 Å². The Morgan fingerprint density at radius 3 is 2.83 bits per heavy atom. The Balaban J connectivity index is 1.89. The molecule has 0 radical (unpaired) electrons. The average molecular weight is 600 g/mol. The molecule has 2 aromatic rings. The van der Waals surface area contributed by atoms with E-state index in [1.807, 2.05) is 52.9 Å². The normalized spacial score (nSPS) is 10.7. The number of carbonyl (C=O) groups excluding carboxylic acids is 1. The van der Waals surface area contributed by atoms with Gasteiger partial charge in [-0.3, -0.25) is 4.79 Å². The van der Waals surface area contributed by atoms with Crippen LogP contribution >= 0.6 is 61.1 Å². The summed E-state index contributed by atoms with van der Waals surface area (Å²) in [6.07, 6.45) is 1.43. The number of amides is 1. The van der Waals surface area contributed by atoms with Crippen LogP contribution in [0.4, 0.5) is 5.69 Å². The van der Waals surface area contributed by atoms with Gasteiger partial charge in [0.15, 0.2) is 0 Å². The molecule has 0 saturated heterocycles. The molecule has 0 aromatic heterocycles. The van der Waals surface area contributed by atoms with E-state index in [0.717, 1.165) is 17.3 Å². The number of phenols is 1. The standard InChI is InChI=1S/C15H12BrI2N3O2/c16-10-2-1-3-12(5-10)19-8-14(22)21-20-7-9-4-11(17)6-13(18)15(9)23/h1-7,19,23H,8H2,(H,21,22)/b20-7-. The minimum atomic E-state index is -0.277. The minimum Gasteiger partial charge on any atom is -0.506 e. The van der Waals surface area contributed by atoms with Crippen LogP contribution in [-0.2, 0) is 4.79 Å². The first kappa shape index (κ1) is 18.5. The smallest absolute Gasteiger partial charge is 0.259 e. The molecule has 1 amide bonds. The van der Waals surface area contributed by atoms with Gasteiger partial charge in [0.1, 0.15) is 5.75 Å². The van der Waals surface area contributed by atoms with Crippen LogP contribution in [0.25, 0.3) is 0 Å². The third-order valence-corrected chi connectivity index (χ3v) is 4.67. The molecule has 5 nitrogen and oxygen atoms in total. The van der Waals surface area contributed by atoms with Gasteiger partial charge < -0.3 is 10.4 Å². The second-order valence-electron chi connectivity index (χ2n) is 4.48. The maximum atomic E-state index is 11.7. The zero-order valence-electron chi connectivity index (χ0n) is 11.7. The summed E-state index contributed by atoms with van der Waals surface area (Å²) in [4.78, 5) is 11.7. The summed E-state index contributed by atoms with van der Waals surface area (Å²) >= 11 is 7.57. The lowest BCUT2D eigenvalue weighted by atomic mass is 10.2. The van der Waals surface area contributed by atoms with Crippen LogP contribution in [0.1, 0.15) is 5.56 Å². The number of aromatic hydroxyl groups is 1. The highest BCUT2D eigenvalue weighted by molar-refractivity contribution is 14.1. The Morgan fingerprint density at radius 2 is 2.09 bits per heavy atom. The lowest BCUT2D eigenvalue weighted by Crippen LogP contribution is -2.25. The Labute approximate surface area is 169 Å². The molecule has 2 aromatic carbocycles. The van der Waals surface area contributed by atoms with E-state index in [4.69, 9.17) is 0 Å². The molecule has 23 heavy (non-hydrogen) atoms. The Morgan fingerprint density at radius 1 is 1.30 bits per heavy atom. The topological polar surface area (TPSA) is 73.7 Å². The fourth-order valence-electron chi connectivity index (χ4n) is 1.68. The summed E-state index contributed by atoms with van der Waals surface area (Å²) in [7, 11) is 0. The largest absolute Gasteiger partial charge is 0.506 e. The summed E-state index contributed by atoms with van der Waals surface area (Å²) in [5.41, 5.74) is 3.82. The molecule has 8 heteroatoms. The van der Waals surface area contributed by atoms with Crippen molar-refractivity contribution in [3.05, 3.63) is 53.6 Å². The van der Waals surface area contributed by atoms with Gasteiger partial charge in [0, 0.05) is 19.3 Å². The number of phenolic OH excluding ortho intramolecular Hbond substituents is 1. The van der Waals surface area contributed by atoms with E-state index in [1.165, 1.54) is 6.21 Å². The predicted molar refractivity (Wildman–Crippen MR) is 112 cm³/mol. The molecular weight excluding hydrogens is 588 g/mol. The number of halogens is 3. The average Bonchev–Trinajstić information content (AvgIpc) is 2.50. The number of carbonyl (C=O) groups is 1. The first-order chi connectivity index (χ1) is 11.0. The zero-order chi connectivity index (χ0) is 16.8. The third-order valence-electron chi connectivity index (χ3n) is 2.73. The minimum absolute atomic E-state index is 0.101. The van der Waals surface area contributed by atoms with Gasteiger partial charge in [-0.15, -0.1) is 0 Å². The highest BCUT2D eigenvalue weighted by atomic mass is 127. The van der Waals surface area contributed by atoms with Crippen molar-refractivity contribution >= 4 is 78.9 Å². The van der Waals surface area contributed by atoms with E-state index in [-0.39, 0.29) is 18.2 Å². The van der Waals surface area contributed by atoms with Gasteiger partial charge in [0.25, 0.3) is 5.91 Å². The molecule has 2 rings (SSSR count). The number of hydrazone groups is 1. The fourth-order valence-corrected chi connectivity index (χ4v) is 3.97. The SMILES string of the molecule is O=C(CNc1cccc(Br)c1)N/N=C\c1cc(I)cc(I)c1O. The van der Waals surface area contributed by atoms with Gasteiger partial charge in [-0.1, -0.05) is 22.0 Å². The molecule has 0 aliphatic carbocycles. The fraction of sp³-hybridized carbons (Fsp3) is 0.0667. The highest BCUT2D eigenvalue weighted by Crippen LogP contribution is 2.25. The van der Waals surface area contributed by atoms with E-state index in [1.54, 1.807) is 6.07 Å². The second-order valence-corrected chi connectivity index (χ2v) is 7.81. The van der Waals surface area contributed by atoms with Gasteiger partial charge >= 0.3 is 0 Å². The summed E-state index contributed by atoms with van der Waals surface area (Å²) in [5, 5.41) is 16.8. The van der Waals surface area contributed by atoms with Crippen molar-refractivity contribution in [3.8, 4) is 5.75 Å². The Kier molecular flexibility index (Phi) is 7.09. The number of nitrogens with zero attached hydrogens (tertiary/aromatic N) is 1. The van der Waals surface area contributed by atoms with Crippen molar-refractivity contribution < 1.29 is 9.90 Å². The molecule has 120 valence electrons. The molecule has 0 atom stereocenters. The van der Waals surface area contributed by atoms with Gasteiger partial charge in [-0.2, -0.15) is 5.10 Å². The zero-order valence-corrected chi connectivity index (χ0v) is 17.6. The number of nitrogens with one attached hydrogen (secondary N) is 2. The maximum absolute atomic E-state index is 11.7. The van der Waals surface area contributed by atoms with Crippen LogP contribution in [0.2, 0.25) is 0 Å². The number of benzene rings is 2. The van der Waals surface area contributed by atoms with Crippen LogP contribution < -0.4 is 10.7 Å². The van der Waals surface area contributed by atoms with Crippen LogP contribution in [0.15, 0.2) is 46.0 Å². The summed E-state index contributed by atoms with van der Waals surface area (Å²) in [6, 6.07) is 11.2. The number of hydrogen-bond donors (Lipinski definition) is 3. The van der Waals surface area contributed by atoms with Gasteiger partial charge in [0.05, 0.1) is 16.3 Å². The second kappa shape index (κ2) is 8.83. The van der Waals surface area contributed by atoms with Crippen LogP contribution in [0, 0.1) is 7.14 Å². The lowest BCUT2D eigenvalue weighted by Gasteiger charge is -2.06. The molecule has 0 heterocycles. The van der Waals surface area contributed by atoms with E-state index in [2.05, 4.69) is 54.4 Å². The van der Waals surface area contributed by atoms with Crippen molar-refractivity contribution in [2.75, 3.05) is 11.9 Å². The molecule has 3 N–H and O–H groups in total. The Hall–Kier alpha value is -0.880. The number of rotatable bonds is 5. The van der Waals surface area contributed by atoms with E-state index in [9.17, 15) is 9.90 Å². The first-order valence-corrected chi connectivity index (χ1v) is 9.40. The third kappa shape index (κ3) is 5.92. The molecule has 0 saturated carbocycles. The van der Waals surface area contributed by atoms with Gasteiger partial charge in [-0.05, 0) is 75.5 Å². The molecule has 0 unspecified atom stereocenters. The molecule has 0 aliphatic heterocycles. The molecular formula is C15H12BrI2N3O2. The van der Waals surface area contributed by atoms with Crippen LogP contribution in [-0.4, -0.2) is 23.8 Å². The molecule has 0 spiro atoms. The van der Waals surface area contributed by atoms with Crippen molar-refractivity contribution in [1.82, 2.24) is 5.43 Å². The van der Waals surface area contributed by atoms with Gasteiger partial charge in [-0.25, -0.2) is 5.43 Å². The summed E-state index contributed by atoms with van der Waals surface area (Å²) in [6.45, 7) is 0.101. The number of anilines is 1.